The Hall–Kier alpha value is -3.43. The van der Waals surface area contributed by atoms with Gasteiger partial charge < -0.3 is 13.9 Å². The lowest BCUT2D eigenvalue weighted by atomic mass is 10.2. The highest BCUT2D eigenvalue weighted by atomic mass is 79.9. The Bertz CT molecular complexity index is 1570. The number of para-hydroxylation sites is 2. The molecule has 9 heteroatoms. The van der Waals surface area contributed by atoms with E-state index in [9.17, 15) is 4.79 Å². The van der Waals surface area contributed by atoms with Crippen molar-refractivity contribution in [1.29, 1.82) is 0 Å². The number of nitrogens with zero attached hydrogens (tertiary/aromatic N) is 3. The number of hydrogen-bond donors (Lipinski definition) is 0. The van der Waals surface area contributed by atoms with Gasteiger partial charge in [0.15, 0.2) is 23.4 Å². The van der Waals surface area contributed by atoms with Crippen LogP contribution in [-0.2, 0) is 0 Å². The number of ether oxygens (including phenoxy) is 2. The zero-order valence-corrected chi connectivity index (χ0v) is 18.8. The van der Waals surface area contributed by atoms with Crippen LogP contribution in [0.1, 0.15) is 17.7 Å². The smallest absolute Gasteiger partial charge is 0.291 e. The molecule has 5 aromatic rings. The van der Waals surface area contributed by atoms with Gasteiger partial charge in [0, 0.05) is 16.1 Å². The van der Waals surface area contributed by atoms with Crippen molar-refractivity contribution in [3.8, 4) is 22.8 Å². The molecule has 158 valence electrons. The average Bonchev–Trinajstić information content (AvgIpc) is 3.51. The van der Waals surface area contributed by atoms with E-state index in [4.69, 9.17) is 13.9 Å². The van der Waals surface area contributed by atoms with E-state index in [0.29, 0.717) is 32.6 Å². The van der Waals surface area contributed by atoms with E-state index in [1.807, 2.05) is 60.7 Å². The van der Waals surface area contributed by atoms with Crippen LogP contribution < -0.4 is 19.6 Å². The number of hydrogen-bond acceptors (Lipinski definition) is 7. The van der Waals surface area contributed by atoms with Gasteiger partial charge in [-0.15, -0.1) is 5.10 Å². The molecule has 0 bridgehead atoms. The first-order chi connectivity index (χ1) is 15.6. The van der Waals surface area contributed by atoms with E-state index < -0.39 is 6.10 Å². The second-order valence-electron chi connectivity index (χ2n) is 7.16. The molecule has 0 N–H and O–H groups in total. The molecule has 6 rings (SSSR count). The summed E-state index contributed by atoms with van der Waals surface area (Å²) in [5.41, 5.74) is 0.700. The monoisotopic (exact) mass is 507 g/mol. The van der Waals surface area contributed by atoms with Crippen molar-refractivity contribution < 1.29 is 13.9 Å². The van der Waals surface area contributed by atoms with E-state index in [2.05, 4.69) is 26.0 Å². The first-order valence-corrected chi connectivity index (χ1v) is 11.4. The van der Waals surface area contributed by atoms with E-state index in [0.717, 1.165) is 15.8 Å². The van der Waals surface area contributed by atoms with Gasteiger partial charge in [-0.1, -0.05) is 51.5 Å². The van der Waals surface area contributed by atoms with Gasteiger partial charge >= 0.3 is 0 Å². The Labute approximate surface area is 193 Å². The van der Waals surface area contributed by atoms with Crippen LogP contribution >= 0.6 is 27.3 Å². The van der Waals surface area contributed by atoms with Gasteiger partial charge in [-0.05, 0) is 36.4 Å². The van der Waals surface area contributed by atoms with Crippen LogP contribution in [0.15, 0.2) is 74.3 Å². The maximum absolute atomic E-state index is 12.9. The third-order valence-corrected chi connectivity index (χ3v) is 6.46. The van der Waals surface area contributed by atoms with Crippen molar-refractivity contribution in [3.05, 3.63) is 91.6 Å². The molecule has 0 spiro atoms. The fourth-order valence-corrected chi connectivity index (χ4v) is 4.78. The second-order valence-corrected chi connectivity index (χ2v) is 9.08. The Morgan fingerprint density at radius 1 is 1.09 bits per heavy atom. The molecule has 0 saturated carbocycles. The summed E-state index contributed by atoms with van der Waals surface area (Å²) >= 11 is 4.72. The zero-order valence-electron chi connectivity index (χ0n) is 16.4. The number of benzene rings is 2. The molecule has 1 aliphatic heterocycles. The molecule has 0 saturated heterocycles. The number of halogens is 1. The molecule has 3 aromatic heterocycles. The minimum absolute atomic E-state index is 0.249. The summed E-state index contributed by atoms with van der Waals surface area (Å²) in [6, 6.07) is 19.0. The lowest BCUT2D eigenvalue weighted by molar-refractivity contribution is 0.0852. The summed E-state index contributed by atoms with van der Waals surface area (Å²) in [6.07, 6.45) is 1.24. The second kappa shape index (κ2) is 7.61. The standard InChI is InChI=1S/C23H14BrN3O4S/c24-14-5-3-4-13(10-14)16-9-8-15(30-16)11-20-22(28)27-23(32-20)25-21(26-27)19-12-29-17-6-1-2-7-18(17)31-19/h1-11,19H,12H2. The largest absolute Gasteiger partial charge is 0.485 e. The highest BCUT2D eigenvalue weighted by Gasteiger charge is 2.27. The summed E-state index contributed by atoms with van der Waals surface area (Å²) in [5.74, 6) is 3.05. The Balaban J connectivity index is 1.30. The Morgan fingerprint density at radius 3 is 2.81 bits per heavy atom. The van der Waals surface area contributed by atoms with Crippen molar-refractivity contribution in [2.24, 2.45) is 0 Å². The van der Waals surface area contributed by atoms with Crippen LogP contribution in [0.4, 0.5) is 0 Å². The van der Waals surface area contributed by atoms with Gasteiger partial charge in [-0.2, -0.15) is 9.50 Å². The molecule has 1 atom stereocenters. The van der Waals surface area contributed by atoms with Crippen molar-refractivity contribution in [1.82, 2.24) is 14.6 Å². The van der Waals surface area contributed by atoms with Gasteiger partial charge in [-0.3, -0.25) is 4.79 Å². The molecule has 32 heavy (non-hydrogen) atoms. The molecule has 0 amide bonds. The molecule has 0 radical (unpaired) electrons. The minimum Gasteiger partial charge on any atom is -0.485 e. The lowest BCUT2D eigenvalue weighted by Crippen LogP contribution is -2.26. The average molecular weight is 508 g/mol. The summed E-state index contributed by atoms with van der Waals surface area (Å²) < 4.78 is 20.4. The third kappa shape index (κ3) is 3.39. The van der Waals surface area contributed by atoms with Crippen LogP contribution in [0.2, 0.25) is 0 Å². The molecule has 1 unspecified atom stereocenters. The van der Waals surface area contributed by atoms with Crippen LogP contribution in [-0.4, -0.2) is 21.2 Å². The van der Waals surface area contributed by atoms with Gasteiger partial charge in [0.1, 0.15) is 22.7 Å². The number of thiazole rings is 1. The quantitative estimate of drug-likeness (QED) is 0.363. The zero-order chi connectivity index (χ0) is 21.7. The molecule has 4 heterocycles. The fraction of sp³-hybridized carbons (Fsp3) is 0.0870. The van der Waals surface area contributed by atoms with E-state index in [1.165, 1.54) is 15.9 Å². The highest BCUT2D eigenvalue weighted by molar-refractivity contribution is 9.10. The van der Waals surface area contributed by atoms with Gasteiger partial charge in [-0.25, -0.2) is 0 Å². The predicted molar refractivity (Wildman–Crippen MR) is 123 cm³/mol. The Kier molecular flexibility index (Phi) is 4.58. The maximum atomic E-state index is 12.9. The van der Waals surface area contributed by atoms with Crippen molar-refractivity contribution in [2.45, 2.75) is 6.10 Å². The Morgan fingerprint density at radius 2 is 1.97 bits per heavy atom. The third-order valence-electron chi connectivity index (χ3n) is 5.00. The van der Waals surface area contributed by atoms with E-state index in [-0.39, 0.29) is 12.2 Å². The molecule has 0 aliphatic carbocycles. The van der Waals surface area contributed by atoms with Gasteiger partial charge in [0.05, 0.1) is 0 Å². The minimum atomic E-state index is -0.471. The van der Waals surface area contributed by atoms with Gasteiger partial charge in [0.2, 0.25) is 4.96 Å². The summed E-state index contributed by atoms with van der Waals surface area (Å²) in [4.78, 5) is 17.9. The molecule has 0 fully saturated rings. The summed E-state index contributed by atoms with van der Waals surface area (Å²) in [6.45, 7) is 0.285. The summed E-state index contributed by atoms with van der Waals surface area (Å²) in [5, 5.41) is 4.38. The molecule has 1 aliphatic rings. The first-order valence-electron chi connectivity index (χ1n) is 9.79. The summed E-state index contributed by atoms with van der Waals surface area (Å²) in [7, 11) is 0. The number of furan rings is 1. The van der Waals surface area contributed by atoms with Crippen molar-refractivity contribution in [3.63, 3.8) is 0 Å². The predicted octanol–water partition coefficient (Wildman–Crippen LogP) is 4.23. The molecular weight excluding hydrogens is 494 g/mol. The van der Waals surface area contributed by atoms with Crippen molar-refractivity contribution in [2.75, 3.05) is 6.61 Å². The number of fused-ring (bicyclic) bond motifs is 2. The van der Waals surface area contributed by atoms with E-state index >= 15 is 0 Å². The fourth-order valence-electron chi connectivity index (χ4n) is 3.49. The lowest BCUT2D eigenvalue weighted by Gasteiger charge is -2.24. The van der Waals surface area contributed by atoms with Gasteiger partial charge in [0.25, 0.3) is 5.56 Å². The van der Waals surface area contributed by atoms with Crippen LogP contribution in [0.25, 0.3) is 22.4 Å². The first kappa shape index (κ1) is 19.3. The molecular formula is C23H14BrN3O4S. The highest BCUT2D eigenvalue weighted by Crippen LogP contribution is 2.35. The number of aromatic nitrogens is 3. The van der Waals surface area contributed by atoms with Crippen LogP contribution in [0, 0.1) is 0 Å². The van der Waals surface area contributed by atoms with Crippen LogP contribution in [0.3, 0.4) is 0 Å². The SMILES string of the molecule is O=c1c(=Cc2ccc(-c3cccc(Br)c3)o2)sc2nc(C3COc4ccccc4O3)nn12. The molecule has 7 nitrogen and oxygen atoms in total. The topological polar surface area (TPSA) is 78.9 Å². The number of rotatable bonds is 3. The van der Waals surface area contributed by atoms with E-state index in [1.54, 1.807) is 6.08 Å². The van der Waals surface area contributed by atoms with Crippen LogP contribution in [0.5, 0.6) is 11.5 Å². The maximum Gasteiger partial charge on any atom is 0.291 e. The molecule has 2 aromatic carbocycles. The normalized spacial score (nSPS) is 16.0. The van der Waals surface area contributed by atoms with Crippen molar-refractivity contribution >= 4 is 38.3 Å².